The van der Waals surface area contributed by atoms with Gasteiger partial charge in [-0.05, 0) is 32.6 Å². The fourth-order valence-corrected chi connectivity index (χ4v) is 2.70. The van der Waals surface area contributed by atoms with Crippen molar-refractivity contribution in [3.05, 3.63) is 0 Å². The number of nitrogens with one attached hydrogen (secondary N) is 2. The highest BCUT2D eigenvalue weighted by molar-refractivity contribution is 5.74. The molecule has 1 aliphatic rings. The first-order valence-electron chi connectivity index (χ1n) is 7.67. The molecule has 0 spiro atoms. The average molecular weight is 284 g/mol. The van der Waals surface area contributed by atoms with Crippen LogP contribution >= 0.6 is 0 Å². The molecule has 5 nitrogen and oxygen atoms in total. The lowest BCUT2D eigenvalue weighted by molar-refractivity contribution is -0.137. The molecule has 0 aromatic heterocycles. The summed E-state index contributed by atoms with van der Waals surface area (Å²) < 4.78 is 0. The summed E-state index contributed by atoms with van der Waals surface area (Å²) in [5.41, 5.74) is -0.493. The van der Waals surface area contributed by atoms with Gasteiger partial charge in [-0.3, -0.25) is 4.79 Å². The van der Waals surface area contributed by atoms with Crippen molar-refractivity contribution in [1.29, 1.82) is 0 Å². The first-order chi connectivity index (χ1) is 9.39. The SMILES string of the molecule is CC(C)(CCC(=O)O)NC(=O)NCCC1CCCCC1. The fourth-order valence-electron chi connectivity index (χ4n) is 2.70. The molecule has 3 N–H and O–H groups in total. The summed E-state index contributed by atoms with van der Waals surface area (Å²) >= 11 is 0. The zero-order valence-electron chi connectivity index (χ0n) is 12.7. The van der Waals surface area contributed by atoms with E-state index in [1.54, 1.807) is 0 Å². The van der Waals surface area contributed by atoms with E-state index in [1.165, 1.54) is 32.1 Å². The first-order valence-corrected chi connectivity index (χ1v) is 7.67. The molecule has 0 aromatic carbocycles. The summed E-state index contributed by atoms with van der Waals surface area (Å²) in [4.78, 5) is 22.3. The van der Waals surface area contributed by atoms with E-state index in [4.69, 9.17) is 5.11 Å². The van der Waals surface area contributed by atoms with E-state index in [2.05, 4.69) is 10.6 Å². The lowest BCUT2D eigenvalue weighted by atomic mass is 9.87. The Bertz CT molecular complexity index is 323. The van der Waals surface area contributed by atoms with Crippen LogP contribution in [-0.4, -0.2) is 29.2 Å². The van der Waals surface area contributed by atoms with Gasteiger partial charge in [0.25, 0.3) is 0 Å². The van der Waals surface area contributed by atoms with Gasteiger partial charge in [-0.25, -0.2) is 4.79 Å². The number of amides is 2. The van der Waals surface area contributed by atoms with Crippen LogP contribution in [0.3, 0.4) is 0 Å². The molecule has 0 aromatic rings. The van der Waals surface area contributed by atoms with Crippen LogP contribution in [0, 0.1) is 5.92 Å². The van der Waals surface area contributed by atoms with Gasteiger partial charge in [0.2, 0.25) is 0 Å². The van der Waals surface area contributed by atoms with Gasteiger partial charge in [-0.2, -0.15) is 0 Å². The van der Waals surface area contributed by atoms with Gasteiger partial charge in [0.05, 0.1) is 0 Å². The Labute approximate surface area is 121 Å². The van der Waals surface area contributed by atoms with Crippen molar-refractivity contribution >= 4 is 12.0 Å². The Morgan fingerprint density at radius 3 is 2.45 bits per heavy atom. The van der Waals surface area contributed by atoms with E-state index < -0.39 is 11.5 Å². The molecular formula is C15H28N2O3. The van der Waals surface area contributed by atoms with Crippen molar-refractivity contribution in [3.8, 4) is 0 Å². The second-order valence-electron chi connectivity index (χ2n) is 6.45. The third-order valence-electron chi connectivity index (χ3n) is 3.98. The molecular weight excluding hydrogens is 256 g/mol. The van der Waals surface area contributed by atoms with Gasteiger partial charge in [0.15, 0.2) is 0 Å². The third kappa shape index (κ3) is 7.36. The molecule has 116 valence electrons. The van der Waals surface area contributed by atoms with Crippen LogP contribution in [0.2, 0.25) is 0 Å². The Balaban J connectivity index is 2.16. The minimum absolute atomic E-state index is 0.0648. The predicted octanol–water partition coefficient (Wildman–Crippen LogP) is 2.90. The molecule has 20 heavy (non-hydrogen) atoms. The standard InChI is InChI=1S/C15H28N2O3/c1-15(2,10-8-13(18)19)17-14(20)16-11-9-12-6-4-3-5-7-12/h12H,3-11H2,1-2H3,(H,18,19)(H2,16,17,20). The van der Waals surface area contributed by atoms with Gasteiger partial charge in [-0.1, -0.05) is 32.1 Å². The summed E-state index contributed by atoms with van der Waals surface area (Å²) in [6.45, 7) is 4.39. The molecule has 0 atom stereocenters. The van der Waals surface area contributed by atoms with Crippen LogP contribution in [0.25, 0.3) is 0 Å². The molecule has 1 fully saturated rings. The van der Waals surface area contributed by atoms with Crippen LogP contribution in [0.4, 0.5) is 4.79 Å². The van der Waals surface area contributed by atoms with Crippen LogP contribution in [0.1, 0.15) is 65.2 Å². The Morgan fingerprint density at radius 1 is 1.20 bits per heavy atom. The topological polar surface area (TPSA) is 78.4 Å². The maximum Gasteiger partial charge on any atom is 0.315 e. The lowest BCUT2D eigenvalue weighted by Gasteiger charge is -2.26. The Kier molecular flexibility index (Phi) is 6.82. The first kappa shape index (κ1) is 16.8. The van der Waals surface area contributed by atoms with E-state index in [0.717, 1.165) is 12.3 Å². The Morgan fingerprint density at radius 2 is 1.85 bits per heavy atom. The molecule has 2 amide bonds. The number of urea groups is 1. The Hall–Kier alpha value is -1.26. The summed E-state index contributed by atoms with van der Waals surface area (Å²) in [5, 5.41) is 14.4. The predicted molar refractivity (Wildman–Crippen MR) is 78.7 cm³/mol. The minimum Gasteiger partial charge on any atom is -0.481 e. The van der Waals surface area contributed by atoms with E-state index in [0.29, 0.717) is 13.0 Å². The van der Waals surface area contributed by atoms with Crippen LogP contribution in [0.15, 0.2) is 0 Å². The number of carboxylic acid groups (broad SMARTS) is 1. The van der Waals surface area contributed by atoms with Crippen molar-refractivity contribution in [1.82, 2.24) is 10.6 Å². The number of carbonyl (C=O) groups is 2. The molecule has 5 heteroatoms. The van der Waals surface area contributed by atoms with Gasteiger partial charge < -0.3 is 15.7 Å². The van der Waals surface area contributed by atoms with Crippen LogP contribution in [0.5, 0.6) is 0 Å². The molecule has 1 saturated carbocycles. The fraction of sp³-hybridized carbons (Fsp3) is 0.867. The molecule has 0 aliphatic heterocycles. The number of carboxylic acids is 1. The van der Waals surface area contributed by atoms with Crippen molar-refractivity contribution in [2.75, 3.05) is 6.54 Å². The number of hydrogen-bond acceptors (Lipinski definition) is 2. The molecule has 0 bridgehead atoms. The zero-order valence-corrected chi connectivity index (χ0v) is 12.7. The largest absolute Gasteiger partial charge is 0.481 e. The molecule has 0 unspecified atom stereocenters. The van der Waals surface area contributed by atoms with Crippen LogP contribution < -0.4 is 10.6 Å². The second kappa shape index (κ2) is 8.12. The third-order valence-corrected chi connectivity index (χ3v) is 3.98. The highest BCUT2D eigenvalue weighted by atomic mass is 16.4. The monoisotopic (exact) mass is 284 g/mol. The highest BCUT2D eigenvalue weighted by Gasteiger charge is 2.21. The molecule has 0 radical (unpaired) electrons. The summed E-state index contributed by atoms with van der Waals surface area (Å²) in [5.74, 6) is -0.0818. The van der Waals surface area contributed by atoms with E-state index in [9.17, 15) is 9.59 Å². The summed E-state index contributed by atoms with van der Waals surface area (Å²) in [6, 6.07) is -0.198. The number of rotatable bonds is 7. The lowest BCUT2D eigenvalue weighted by Crippen LogP contribution is -2.48. The van der Waals surface area contributed by atoms with Crippen molar-refractivity contribution in [2.45, 2.75) is 70.8 Å². The van der Waals surface area contributed by atoms with E-state index in [-0.39, 0.29) is 12.5 Å². The van der Waals surface area contributed by atoms with E-state index >= 15 is 0 Å². The highest BCUT2D eigenvalue weighted by Crippen LogP contribution is 2.25. The average Bonchev–Trinajstić information content (AvgIpc) is 2.37. The number of carbonyl (C=O) groups excluding carboxylic acids is 1. The van der Waals surface area contributed by atoms with Gasteiger partial charge in [-0.15, -0.1) is 0 Å². The maximum absolute atomic E-state index is 11.8. The second-order valence-corrected chi connectivity index (χ2v) is 6.45. The van der Waals surface area contributed by atoms with Crippen LogP contribution in [-0.2, 0) is 4.79 Å². The normalized spacial score (nSPS) is 16.7. The maximum atomic E-state index is 11.8. The number of hydrogen-bond donors (Lipinski definition) is 3. The van der Waals surface area contributed by atoms with Crippen molar-refractivity contribution in [2.24, 2.45) is 5.92 Å². The molecule has 0 heterocycles. The molecule has 0 saturated heterocycles. The number of aliphatic carboxylic acids is 1. The smallest absolute Gasteiger partial charge is 0.315 e. The zero-order chi connectivity index (χ0) is 15.0. The quantitative estimate of drug-likeness (QED) is 0.672. The van der Waals surface area contributed by atoms with E-state index in [1.807, 2.05) is 13.8 Å². The van der Waals surface area contributed by atoms with Crippen molar-refractivity contribution in [3.63, 3.8) is 0 Å². The van der Waals surface area contributed by atoms with Gasteiger partial charge in [0, 0.05) is 18.5 Å². The summed E-state index contributed by atoms with van der Waals surface area (Å²) in [6.07, 6.45) is 8.10. The minimum atomic E-state index is -0.836. The molecule has 1 rings (SSSR count). The van der Waals surface area contributed by atoms with Crippen molar-refractivity contribution < 1.29 is 14.7 Å². The molecule has 1 aliphatic carbocycles. The van der Waals surface area contributed by atoms with Gasteiger partial charge in [0.1, 0.15) is 0 Å². The van der Waals surface area contributed by atoms with Gasteiger partial charge >= 0.3 is 12.0 Å². The summed E-state index contributed by atoms with van der Waals surface area (Å²) in [7, 11) is 0.